The Bertz CT molecular complexity index is 143. The van der Waals surface area contributed by atoms with Crippen molar-refractivity contribution in [3.63, 3.8) is 0 Å². The van der Waals surface area contributed by atoms with Crippen LogP contribution in [0.25, 0.3) is 0 Å². The normalized spacial score (nSPS) is 45.6. The van der Waals surface area contributed by atoms with E-state index in [9.17, 15) is 0 Å². The third kappa shape index (κ3) is 1.22. The maximum absolute atomic E-state index is 7.50. The molecule has 1 atom stereocenters. The molecule has 1 saturated heterocycles. The van der Waals surface area contributed by atoms with Gasteiger partial charge in [0.15, 0.2) is 0 Å². The maximum atomic E-state index is 7.50. The Morgan fingerprint density at radius 3 is 2.50 bits per heavy atom. The Hall–Kier alpha value is -0.0400. The van der Waals surface area contributed by atoms with Gasteiger partial charge in [0.1, 0.15) is 0 Å². The molecule has 0 spiro atoms. The minimum atomic E-state index is -1.16. The Kier molecular flexibility index (Phi) is 0.840. The van der Waals surface area contributed by atoms with Gasteiger partial charge < -0.3 is 5.32 Å². The summed E-state index contributed by atoms with van der Waals surface area (Å²) in [5.74, 6) is 0.127. The Morgan fingerprint density at radius 2 is 2.38 bits per heavy atom. The quantitative estimate of drug-likeness (QED) is 0.503. The molecule has 1 aliphatic heterocycles. The Morgan fingerprint density at radius 1 is 1.75 bits per heavy atom. The maximum Gasteiger partial charge on any atom is 0.0431 e. The summed E-state index contributed by atoms with van der Waals surface area (Å²) in [6, 6.07) is 0. The second-order valence-electron chi connectivity index (χ2n) is 3.26. The first-order valence-corrected chi connectivity index (χ1v) is 3.13. The van der Waals surface area contributed by atoms with E-state index in [0.29, 0.717) is 0 Å². The summed E-state index contributed by atoms with van der Waals surface area (Å²) in [5, 5.41) is 2.95. The second-order valence-corrected chi connectivity index (χ2v) is 3.26. The first kappa shape index (κ1) is 3.89. The van der Waals surface area contributed by atoms with Crippen LogP contribution in [0.5, 0.6) is 0 Å². The van der Waals surface area contributed by atoms with Crippen LogP contribution in [-0.4, -0.2) is 12.0 Å². The number of rotatable bonds is 0. The van der Waals surface area contributed by atoms with Crippen molar-refractivity contribution < 1.29 is 2.74 Å². The molecule has 0 unspecified atom stereocenters. The van der Waals surface area contributed by atoms with E-state index in [-0.39, 0.29) is 11.5 Å². The summed E-state index contributed by atoms with van der Waals surface area (Å²) in [7, 11) is 0. The standard InChI is InChI=1S/C7H15N/c1-6-4-7(2,3)8-5-6/h6,8H,4-5H2,1-3H3/t6-/m0/s1/i5D2. The zero-order valence-electron chi connectivity index (χ0n) is 7.78. The predicted molar refractivity (Wildman–Crippen MR) is 35.9 cm³/mol. The van der Waals surface area contributed by atoms with Gasteiger partial charge in [0.25, 0.3) is 0 Å². The van der Waals surface area contributed by atoms with E-state index in [1.54, 1.807) is 0 Å². The lowest BCUT2D eigenvalue weighted by molar-refractivity contribution is 0.448. The van der Waals surface area contributed by atoms with E-state index < -0.39 is 6.50 Å². The van der Waals surface area contributed by atoms with Crippen LogP contribution < -0.4 is 5.32 Å². The van der Waals surface area contributed by atoms with Gasteiger partial charge in [0.05, 0.1) is 0 Å². The van der Waals surface area contributed by atoms with Crippen LogP contribution in [-0.2, 0) is 0 Å². The lowest BCUT2D eigenvalue weighted by Crippen LogP contribution is -2.31. The summed E-state index contributed by atoms with van der Waals surface area (Å²) >= 11 is 0. The zero-order valence-corrected chi connectivity index (χ0v) is 5.78. The van der Waals surface area contributed by atoms with Crippen molar-refractivity contribution in [1.82, 2.24) is 5.32 Å². The summed E-state index contributed by atoms with van der Waals surface area (Å²) in [4.78, 5) is 0. The third-order valence-electron chi connectivity index (χ3n) is 1.47. The highest BCUT2D eigenvalue weighted by molar-refractivity contribution is 4.86. The topological polar surface area (TPSA) is 12.0 Å². The fourth-order valence-corrected chi connectivity index (χ4v) is 1.19. The zero-order chi connectivity index (χ0) is 7.99. The molecule has 0 radical (unpaired) electrons. The molecular weight excluding hydrogens is 98.1 g/mol. The monoisotopic (exact) mass is 115 g/mol. The summed E-state index contributed by atoms with van der Waals surface area (Å²) in [6.45, 7) is 4.86. The highest BCUT2D eigenvalue weighted by atomic mass is 15.0. The van der Waals surface area contributed by atoms with Crippen molar-refractivity contribution in [3.05, 3.63) is 0 Å². The molecule has 1 N–H and O–H groups in total. The van der Waals surface area contributed by atoms with Gasteiger partial charge >= 0.3 is 0 Å². The molecular formula is C7H15N. The SMILES string of the molecule is [2H]C1([2H])NC(C)(C)C[C@@H]1C. The average Bonchev–Trinajstić information content (AvgIpc) is 1.73. The lowest BCUT2D eigenvalue weighted by Gasteiger charge is -2.16. The van der Waals surface area contributed by atoms with Gasteiger partial charge in [-0.25, -0.2) is 0 Å². The molecule has 1 aliphatic rings. The molecule has 8 heavy (non-hydrogen) atoms. The van der Waals surface area contributed by atoms with Crippen molar-refractivity contribution in [2.45, 2.75) is 32.7 Å². The van der Waals surface area contributed by atoms with Crippen LogP contribution in [0, 0.1) is 5.92 Å². The molecule has 0 aliphatic carbocycles. The molecule has 0 aromatic carbocycles. The predicted octanol–water partition coefficient (Wildman–Crippen LogP) is 1.39. The lowest BCUT2D eigenvalue weighted by atomic mass is 9.99. The van der Waals surface area contributed by atoms with Crippen LogP contribution in [0.4, 0.5) is 0 Å². The van der Waals surface area contributed by atoms with E-state index in [0.717, 1.165) is 6.42 Å². The van der Waals surface area contributed by atoms with Gasteiger partial charge in [-0.15, -0.1) is 0 Å². The van der Waals surface area contributed by atoms with Crippen LogP contribution in [0.2, 0.25) is 0 Å². The highest BCUT2D eigenvalue weighted by Gasteiger charge is 2.26. The fraction of sp³-hybridized carbons (Fsp3) is 1.00. The van der Waals surface area contributed by atoms with Gasteiger partial charge in [-0.3, -0.25) is 0 Å². The van der Waals surface area contributed by atoms with E-state index in [2.05, 4.69) is 5.32 Å². The van der Waals surface area contributed by atoms with Crippen LogP contribution >= 0.6 is 0 Å². The molecule has 48 valence electrons. The summed E-state index contributed by atoms with van der Waals surface area (Å²) in [6.07, 6.45) is 0.917. The van der Waals surface area contributed by atoms with Crippen LogP contribution in [0.1, 0.15) is 29.9 Å². The van der Waals surface area contributed by atoms with Gasteiger partial charge in [0, 0.05) is 8.28 Å². The van der Waals surface area contributed by atoms with Crippen LogP contribution in [0.15, 0.2) is 0 Å². The Balaban J connectivity index is 2.71. The highest BCUT2D eigenvalue weighted by Crippen LogP contribution is 2.21. The summed E-state index contributed by atoms with van der Waals surface area (Å²) in [5.41, 5.74) is -0.0249. The Labute approximate surface area is 54.3 Å². The van der Waals surface area contributed by atoms with Gasteiger partial charge in [-0.05, 0) is 32.7 Å². The van der Waals surface area contributed by atoms with E-state index in [1.165, 1.54) is 0 Å². The number of hydrogen-bond acceptors (Lipinski definition) is 1. The van der Waals surface area contributed by atoms with Gasteiger partial charge in [-0.2, -0.15) is 0 Å². The minimum Gasteiger partial charge on any atom is -0.312 e. The molecule has 0 aromatic heterocycles. The average molecular weight is 115 g/mol. The second kappa shape index (κ2) is 1.73. The molecule has 1 nitrogen and oxygen atoms in total. The molecule has 0 saturated carbocycles. The molecule has 0 aromatic rings. The molecule has 1 heteroatoms. The van der Waals surface area contributed by atoms with Crippen molar-refractivity contribution in [2.75, 3.05) is 6.50 Å². The third-order valence-corrected chi connectivity index (χ3v) is 1.47. The molecule has 0 amide bonds. The molecule has 0 bridgehead atoms. The van der Waals surface area contributed by atoms with E-state index in [1.807, 2.05) is 20.8 Å². The number of nitrogens with one attached hydrogen (secondary N) is 1. The van der Waals surface area contributed by atoms with Crippen molar-refractivity contribution in [3.8, 4) is 0 Å². The van der Waals surface area contributed by atoms with Crippen molar-refractivity contribution >= 4 is 0 Å². The van der Waals surface area contributed by atoms with E-state index >= 15 is 0 Å². The van der Waals surface area contributed by atoms with Gasteiger partial charge in [0.2, 0.25) is 0 Å². The molecule has 1 heterocycles. The largest absolute Gasteiger partial charge is 0.312 e. The molecule has 1 fully saturated rings. The first-order valence-electron chi connectivity index (χ1n) is 4.13. The van der Waals surface area contributed by atoms with E-state index in [4.69, 9.17) is 2.74 Å². The first-order chi connectivity index (χ1) is 4.33. The summed E-state index contributed by atoms with van der Waals surface area (Å²) < 4.78 is 15.0. The fourth-order valence-electron chi connectivity index (χ4n) is 1.19. The van der Waals surface area contributed by atoms with Gasteiger partial charge in [-0.1, -0.05) is 6.92 Å². The smallest absolute Gasteiger partial charge is 0.0431 e. The minimum absolute atomic E-state index is 0.0249. The van der Waals surface area contributed by atoms with Crippen molar-refractivity contribution in [1.29, 1.82) is 0 Å². The van der Waals surface area contributed by atoms with Crippen LogP contribution in [0.3, 0.4) is 0 Å². The molecule has 1 rings (SSSR count). The van der Waals surface area contributed by atoms with Crippen molar-refractivity contribution in [2.24, 2.45) is 5.92 Å². The number of hydrogen-bond donors (Lipinski definition) is 1.